The van der Waals surface area contributed by atoms with Gasteiger partial charge in [0.25, 0.3) is 0 Å². The fourth-order valence-corrected chi connectivity index (χ4v) is 2.95. The number of nitrogens with zero attached hydrogens (tertiary/aromatic N) is 1. The molecule has 0 aliphatic heterocycles. The first-order valence-corrected chi connectivity index (χ1v) is 6.33. The zero-order chi connectivity index (χ0) is 11.3. The van der Waals surface area contributed by atoms with Crippen LogP contribution in [0.4, 0.5) is 0 Å². The molecule has 2 nitrogen and oxygen atoms in total. The number of hydrogen-bond acceptors (Lipinski definition) is 1. The summed E-state index contributed by atoms with van der Waals surface area (Å²) in [6.45, 7) is 0. The SMILES string of the molecule is Cn1cc(Br)c2cccc(CC3(O)CC3)c21. The van der Waals surface area contributed by atoms with Crippen molar-refractivity contribution in [1.29, 1.82) is 0 Å². The molecule has 0 atom stereocenters. The monoisotopic (exact) mass is 279 g/mol. The molecule has 1 fully saturated rings. The lowest BCUT2D eigenvalue weighted by Gasteiger charge is -2.10. The van der Waals surface area contributed by atoms with E-state index in [1.165, 1.54) is 16.5 Å². The highest BCUT2D eigenvalue weighted by Gasteiger charge is 2.40. The summed E-state index contributed by atoms with van der Waals surface area (Å²) in [5.41, 5.74) is 2.05. The van der Waals surface area contributed by atoms with E-state index in [0.717, 1.165) is 23.7 Å². The number of aliphatic hydroxyl groups is 1. The molecule has 1 N–H and O–H groups in total. The van der Waals surface area contributed by atoms with E-state index in [-0.39, 0.29) is 0 Å². The van der Waals surface area contributed by atoms with E-state index >= 15 is 0 Å². The summed E-state index contributed by atoms with van der Waals surface area (Å²) in [6.07, 6.45) is 4.73. The van der Waals surface area contributed by atoms with E-state index in [9.17, 15) is 5.11 Å². The number of hydrogen-bond donors (Lipinski definition) is 1. The Morgan fingerprint density at radius 3 is 2.88 bits per heavy atom. The van der Waals surface area contributed by atoms with Crippen LogP contribution in [0.3, 0.4) is 0 Å². The molecule has 1 aromatic carbocycles. The van der Waals surface area contributed by atoms with E-state index in [1.54, 1.807) is 0 Å². The zero-order valence-electron chi connectivity index (χ0n) is 9.20. The second-order valence-corrected chi connectivity index (χ2v) is 5.66. The first kappa shape index (κ1) is 10.4. The van der Waals surface area contributed by atoms with Crippen molar-refractivity contribution in [2.45, 2.75) is 24.9 Å². The third-order valence-electron chi connectivity index (χ3n) is 3.38. The second-order valence-electron chi connectivity index (χ2n) is 4.80. The van der Waals surface area contributed by atoms with E-state index < -0.39 is 5.60 Å². The van der Waals surface area contributed by atoms with Crippen LogP contribution in [0.25, 0.3) is 10.9 Å². The highest BCUT2D eigenvalue weighted by Crippen LogP contribution is 2.40. The van der Waals surface area contributed by atoms with Crippen molar-refractivity contribution in [2.75, 3.05) is 0 Å². The minimum absolute atomic E-state index is 0.426. The Bertz CT molecular complexity index is 554. The molecule has 1 aromatic heterocycles. The van der Waals surface area contributed by atoms with E-state index in [2.05, 4.69) is 44.9 Å². The van der Waals surface area contributed by atoms with Crippen molar-refractivity contribution in [3.05, 3.63) is 34.4 Å². The van der Waals surface area contributed by atoms with Crippen molar-refractivity contribution in [3.8, 4) is 0 Å². The molecule has 0 saturated heterocycles. The lowest BCUT2D eigenvalue weighted by atomic mass is 10.0. The highest BCUT2D eigenvalue weighted by molar-refractivity contribution is 9.10. The van der Waals surface area contributed by atoms with Crippen LogP contribution in [0.2, 0.25) is 0 Å². The predicted molar refractivity (Wildman–Crippen MR) is 68.5 cm³/mol. The fraction of sp³-hybridized carbons (Fsp3) is 0.385. The Hall–Kier alpha value is -0.800. The fourth-order valence-electron chi connectivity index (χ4n) is 2.32. The minimum Gasteiger partial charge on any atom is -0.390 e. The topological polar surface area (TPSA) is 25.2 Å². The zero-order valence-corrected chi connectivity index (χ0v) is 10.8. The summed E-state index contributed by atoms with van der Waals surface area (Å²) in [5.74, 6) is 0. The van der Waals surface area contributed by atoms with Crippen molar-refractivity contribution < 1.29 is 5.11 Å². The molecule has 0 spiro atoms. The molecule has 1 aliphatic rings. The van der Waals surface area contributed by atoms with Crippen LogP contribution in [0, 0.1) is 0 Å². The smallest absolute Gasteiger partial charge is 0.0690 e. The van der Waals surface area contributed by atoms with Crippen LogP contribution in [-0.4, -0.2) is 15.3 Å². The number of para-hydroxylation sites is 1. The maximum Gasteiger partial charge on any atom is 0.0690 e. The van der Waals surface area contributed by atoms with Crippen LogP contribution in [0.5, 0.6) is 0 Å². The Morgan fingerprint density at radius 2 is 2.19 bits per heavy atom. The van der Waals surface area contributed by atoms with Gasteiger partial charge in [-0.25, -0.2) is 0 Å². The largest absolute Gasteiger partial charge is 0.390 e. The Kier molecular flexibility index (Phi) is 2.17. The average molecular weight is 280 g/mol. The lowest BCUT2D eigenvalue weighted by Crippen LogP contribution is -2.11. The van der Waals surface area contributed by atoms with Crippen molar-refractivity contribution in [2.24, 2.45) is 7.05 Å². The molecule has 84 valence electrons. The van der Waals surface area contributed by atoms with Gasteiger partial charge in [0.05, 0.1) is 11.1 Å². The van der Waals surface area contributed by atoms with Gasteiger partial charge in [-0.1, -0.05) is 18.2 Å². The maximum atomic E-state index is 10.0. The van der Waals surface area contributed by atoms with Gasteiger partial charge >= 0.3 is 0 Å². The van der Waals surface area contributed by atoms with Gasteiger partial charge in [0, 0.05) is 29.5 Å². The quantitative estimate of drug-likeness (QED) is 0.898. The van der Waals surface area contributed by atoms with Gasteiger partial charge in [0.15, 0.2) is 0 Å². The van der Waals surface area contributed by atoms with Crippen LogP contribution >= 0.6 is 15.9 Å². The molecule has 0 unspecified atom stereocenters. The van der Waals surface area contributed by atoms with Crippen LogP contribution in [0.15, 0.2) is 28.9 Å². The number of fused-ring (bicyclic) bond motifs is 1. The molecule has 1 heterocycles. The van der Waals surface area contributed by atoms with Gasteiger partial charge in [-0.2, -0.15) is 0 Å². The molecule has 16 heavy (non-hydrogen) atoms. The summed E-state index contributed by atoms with van der Waals surface area (Å²) in [5, 5.41) is 11.2. The molecular weight excluding hydrogens is 266 g/mol. The molecule has 3 heteroatoms. The summed E-state index contributed by atoms with van der Waals surface area (Å²) in [7, 11) is 2.05. The summed E-state index contributed by atoms with van der Waals surface area (Å²) in [4.78, 5) is 0. The Balaban J connectivity index is 2.16. The number of benzene rings is 1. The number of rotatable bonds is 2. The van der Waals surface area contributed by atoms with E-state index in [0.29, 0.717) is 0 Å². The van der Waals surface area contributed by atoms with Gasteiger partial charge < -0.3 is 9.67 Å². The summed E-state index contributed by atoms with van der Waals surface area (Å²) in [6, 6.07) is 6.29. The highest BCUT2D eigenvalue weighted by atomic mass is 79.9. The van der Waals surface area contributed by atoms with E-state index in [1.807, 2.05) is 7.05 Å². The number of aromatic nitrogens is 1. The van der Waals surface area contributed by atoms with Gasteiger partial charge in [-0.3, -0.25) is 0 Å². The molecule has 2 aromatic rings. The Labute approximate surface area is 103 Å². The van der Waals surface area contributed by atoms with E-state index in [4.69, 9.17) is 0 Å². The van der Waals surface area contributed by atoms with Crippen LogP contribution in [-0.2, 0) is 13.5 Å². The number of aryl methyl sites for hydroxylation is 1. The van der Waals surface area contributed by atoms with Crippen LogP contribution in [0.1, 0.15) is 18.4 Å². The third kappa shape index (κ3) is 1.59. The van der Waals surface area contributed by atoms with Gasteiger partial charge in [0.2, 0.25) is 0 Å². The predicted octanol–water partition coefficient (Wildman–Crippen LogP) is 3.01. The maximum absolute atomic E-state index is 10.0. The van der Waals surface area contributed by atoms with Gasteiger partial charge in [0.1, 0.15) is 0 Å². The number of halogens is 1. The molecule has 1 aliphatic carbocycles. The summed E-state index contributed by atoms with van der Waals surface area (Å²) >= 11 is 3.56. The molecule has 1 saturated carbocycles. The standard InChI is InChI=1S/C13H14BrNO/c1-15-8-11(14)10-4-2-3-9(12(10)15)7-13(16)5-6-13/h2-4,8,16H,5-7H2,1H3. The van der Waals surface area contributed by atoms with Gasteiger partial charge in [-0.05, 0) is 34.3 Å². The minimum atomic E-state index is -0.426. The molecule has 3 rings (SSSR count). The molecule has 0 amide bonds. The van der Waals surface area contributed by atoms with Crippen LogP contribution < -0.4 is 0 Å². The molecule has 0 bridgehead atoms. The van der Waals surface area contributed by atoms with Gasteiger partial charge in [-0.15, -0.1) is 0 Å². The first-order chi connectivity index (χ1) is 7.59. The molecular formula is C13H14BrNO. The van der Waals surface area contributed by atoms with Crippen molar-refractivity contribution in [3.63, 3.8) is 0 Å². The third-order valence-corrected chi connectivity index (χ3v) is 4.02. The second kappa shape index (κ2) is 3.34. The van der Waals surface area contributed by atoms with Crippen molar-refractivity contribution >= 4 is 26.8 Å². The summed E-state index contributed by atoms with van der Waals surface area (Å²) < 4.78 is 3.25. The normalized spacial score (nSPS) is 17.9. The molecule has 0 radical (unpaired) electrons. The lowest BCUT2D eigenvalue weighted by molar-refractivity contribution is 0.151. The average Bonchev–Trinajstić information content (AvgIpc) is 2.87. The first-order valence-electron chi connectivity index (χ1n) is 5.54. The van der Waals surface area contributed by atoms with Crippen molar-refractivity contribution in [1.82, 2.24) is 4.57 Å². The Morgan fingerprint density at radius 1 is 1.44 bits per heavy atom.